The van der Waals surface area contributed by atoms with E-state index >= 15 is 0 Å². The summed E-state index contributed by atoms with van der Waals surface area (Å²) in [6.07, 6.45) is 1.83. The molecule has 1 aliphatic heterocycles. The number of unbranched alkanes of at least 4 members (excludes halogenated alkanes) is 2. The van der Waals surface area contributed by atoms with E-state index in [1.807, 2.05) is 0 Å². The quantitative estimate of drug-likeness (QED) is 0.530. The summed E-state index contributed by atoms with van der Waals surface area (Å²) < 4.78 is 0. The molecule has 0 atom stereocenters. The van der Waals surface area contributed by atoms with Gasteiger partial charge < -0.3 is 9.94 Å². The van der Waals surface area contributed by atoms with E-state index < -0.39 is 23.8 Å². The molecule has 0 spiro atoms. The molecular weight excluding hydrogens is 242 g/mol. The Kier molecular flexibility index (Phi) is 5.29. The number of rotatable bonds is 7. The number of aliphatic carboxylic acids is 1. The van der Waals surface area contributed by atoms with E-state index in [9.17, 15) is 19.2 Å². The summed E-state index contributed by atoms with van der Waals surface area (Å²) in [5.41, 5.74) is 0. The Bertz CT molecular complexity index is 349. The SMILES string of the molecule is O=C(O)CCCCCC(=O)ON1C(=O)CCC1=O. The van der Waals surface area contributed by atoms with Crippen LogP contribution in [0, 0.1) is 0 Å². The highest BCUT2D eigenvalue weighted by atomic mass is 16.7. The van der Waals surface area contributed by atoms with Gasteiger partial charge in [0.2, 0.25) is 0 Å². The number of hydroxylamine groups is 2. The molecule has 7 heteroatoms. The van der Waals surface area contributed by atoms with Crippen LogP contribution in [0.4, 0.5) is 0 Å². The molecule has 0 bridgehead atoms. The smallest absolute Gasteiger partial charge is 0.333 e. The number of amides is 2. The van der Waals surface area contributed by atoms with Crippen LogP contribution < -0.4 is 0 Å². The van der Waals surface area contributed by atoms with Crippen LogP contribution in [0.3, 0.4) is 0 Å². The van der Waals surface area contributed by atoms with Crippen LogP contribution in [0.15, 0.2) is 0 Å². The van der Waals surface area contributed by atoms with Gasteiger partial charge in [-0.3, -0.25) is 14.4 Å². The largest absolute Gasteiger partial charge is 0.481 e. The van der Waals surface area contributed by atoms with E-state index in [1.165, 1.54) is 0 Å². The summed E-state index contributed by atoms with van der Waals surface area (Å²) in [5.74, 6) is -2.52. The van der Waals surface area contributed by atoms with Crippen molar-refractivity contribution in [3.63, 3.8) is 0 Å². The summed E-state index contributed by atoms with van der Waals surface area (Å²) in [4.78, 5) is 48.4. The molecule has 0 aromatic heterocycles. The fraction of sp³-hybridized carbons (Fsp3) is 0.636. The van der Waals surface area contributed by atoms with E-state index in [-0.39, 0.29) is 25.7 Å². The van der Waals surface area contributed by atoms with Gasteiger partial charge >= 0.3 is 11.9 Å². The van der Waals surface area contributed by atoms with Gasteiger partial charge in [-0.15, -0.1) is 5.06 Å². The highest BCUT2D eigenvalue weighted by molar-refractivity contribution is 6.01. The summed E-state index contributed by atoms with van der Waals surface area (Å²) >= 11 is 0. The number of imide groups is 1. The predicted octanol–water partition coefficient (Wildman–Crippen LogP) is 0.629. The minimum Gasteiger partial charge on any atom is -0.481 e. The second kappa shape index (κ2) is 6.73. The van der Waals surface area contributed by atoms with E-state index in [0.29, 0.717) is 24.3 Å². The maximum atomic E-state index is 11.3. The van der Waals surface area contributed by atoms with Crippen molar-refractivity contribution in [3.8, 4) is 0 Å². The average molecular weight is 257 g/mol. The van der Waals surface area contributed by atoms with E-state index in [0.717, 1.165) is 0 Å². The van der Waals surface area contributed by atoms with E-state index in [1.54, 1.807) is 0 Å². The fourth-order valence-corrected chi connectivity index (χ4v) is 1.53. The Morgan fingerprint density at radius 1 is 1.06 bits per heavy atom. The number of carboxylic acids is 1. The molecule has 1 rings (SSSR count). The summed E-state index contributed by atoms with van der Waals surface area (Å²) in [7, 11) is 0. The standard InChI is InChI=1S/C11H15NO6/c13-8-6-7-9(14)12(8)18-11(17)5-3-1-2-4-10(15)16/h1-7H2,(H,15,16). The third kappa shape index (κ3) is 4.52. The van der Waals surface area contributed by atoms with Crippen LogP contribution in [-0.4, -0.2) is 33.9 Å². The molecule has 18 heavy (non-hydrogen) atoms. The van der Waals surface area contributed by atoms with Crippen LogP contribution in [0.25, 0.3) is 0 Å². The highest BCUT2D eigenvalue weighted by Gasteiger charge is 2.32. The molecule has 2 amide bonds. The van der Waals surface area contributed by atoms with Crippen molar-refractivity contribution in [2.45, 2.75) is 44.9 Å². The molecule has 7 nitrogen and oxygen atoms in total. The van der Waals surface area contributed by atoms with Crippen molar-refractivity contribution in [2.24, 2.45) is 0 Å². The van der Waals surface area contributed by atoms with Crippen molar-refractivity contribution in [1.82, 2.24) is 5.06 Å². The van der Waals surface area contributed by atoms with E-state index in [2.05, 4.69) is 4.84 Å². The Balaban J connectivity index is 2.16. The first-order valence-electron chi connectivity index (χ1n) is 5.79. The molecule has 1 N–H and O–H groups in total. The van der Waals surface area contributed by atoms with E-state index in [4.69, 9.17) is 5.11 Å². The first kappa shape index (κ1) is 14.1. The molecule has 0 aliphatic carbocycles. The van der Waals surface area contributed by atoms with Gasteiger partial charge in [0, 0.05) is 25.7 Å². The van der Waals surface area contributed by atoms with Crippen LogP contribution in [0.5, 0.6) is 0 Å². The van der Waals surface area contributed by atoms with Crippen molar-refractivity contribution < 1.29 is 29.1 Å². The fourth-order valence-electron chi connectivity index (χ4n) is 1.53. The number of carbonyl (C=O) groups is 4. The first-order chi connectivity index (χ1) is 8.50. The molecule has 1 saturated heterocycles. The zero-order chi connectivity index (χ0) is 13.5. The van der Waals surface area contributed by atoms with Gasteiger partial charge in [-0.1, -0.05) is 6.42 Å². The van der Waals surface area contributed by atoms with Crippen LogP contribution in [-0.2, 0) is 24.0 Å². The zero-order valence-electron chi connectivity index (χ0n) is 9.89. The van der Waals surface area contributed by atoms with Gasteiger partial charge in [0.1, 0.15) is 0 Å². The lowest BCUT2D eigenvalue weighted by Crippen LogP contribution is -2.31. The average Bonchev–Trinajstić information content (AvgIpc) is 2.60. The molecule has 1 heterocycles. The normalized spacial score (nSPS) is 15.0. The van der Waals surface area contributed by atoms with Crippen LogP contribution >= 0.6 is 0 Å². The zero-order valence-corrected chi connectivity index (χ0v) is 9.89. The van der Waals surface area contributed by atoms with Crippen molar-refractivity contribution >= 4 is 23.8 Å². The lowest BCUT2D eigenvalue weighted by Gasteiger charge is -2.12. The number of hydrogen-bond donors (Lipinski definition) is 1. The molecule has 0 saturated carbocycles. The van der Waals surface area contributed by atoms with Crippen molar-refractivity contribution in [2.75, 3.05) is 0 Å². The van der Waals surface area contributed by atoms with Crippen LogP contribution in [0.2, 0.25) is 0 Å². The molecule has 100 valence electrons. The van der Waals surface area contributed by atoms with Gasteiger partial charge in [-0.05, 0) is 12.8 Å². The highest BCUT2D eigenvalue weighted by Crippen LogP contribution is 2.13. The lowest BCUT2D eigenvalue weighted by atomic mass is 10.1. The first-order valence-corrected chi connectivity index (χ1v) is 5.79. The molecular formula is C11H15NO6. The number of nitrogens with zero attached hydrogens (tertiary/aromatic N) is 1. The molecule has 0 aromatic carbocycles. The van der Waals surface area contributed by atoms with Crippen molar-refractivity contribution in [1.29, 1.82) is 0 Å². The summed E-state index contributed by atoms with van der Waals surface area (Å²) in [5, 5.41) is 8.91. The second-order valence-electron chi connectivity index (χ2n) is 4.00. The maximum absolute atomic E-state index is 11.3. The van der Waals surface area contributed by atoms with Crippen LogP contribution in [0.1, 0.15) is 44.9 Å². The van der Waals surface area contributed by atoms with Gasteiger partial charge in [-0.25, -0.2) is 4.79 Å². The third-order valence-electron chi connectivity index (χ3n) is 2.47. The lowest BCUT2D eigenvalue weighted by molar-refractivity contribution is -0.197. The van der Waals surface area contributed by atoms with Crippen molar-refractivity contribution in [3.05, 3.63) is 0 Å². The Morgan fingerprint density at radius 3 is 2.17 bits per heavy atom. The van der Waals surface area contributed by atoms with Gasteiger partial charge in [0.25, 0.3) is 11.8 Å². The van der Waals surface area contributed by atoms with Gasteiger partial charge in [-0.2, -0.15) is 0 Å². The Labute approximate surface area is 104 Å². The molecule has 1 aliphatic rings. The van der Waals surface area contributed by atoms with Gasteiger partial charge in [0.05, 0.1) is 0 Å². The Morgan fingerprint density at radius 2 is 1.61 bits per heavy atom. The van der Waals surface area contributed by atoms with Gasteiger partial charge in [0.15, 0.2) is 0 Å². The number of carbonyl (C=O) groups excluding carboxylic acids is 3. The molecule has 0 unspecified atom stereocenters. The number of hydrogen-bond acceptors (Lipinski definition) is 5. The molecule has 0 aromatic rings. The third-order valence-corrected chi connectivity index (χ3v) is 2.47. The monoisotopic (exact) mass is 257 g/mol. The topological polar surface area (TPSA) is 101 Å². The predicted molar refractivity (Wildman–Crippen MR) is 57.9 cm³/mol. The second-order valence-corrected chi connectivity index (χ2v) is 4.00. The summed E-state index contributed by atoms with van der Waals surface area (Å²) in [6, 6.07) is 0. The minimum atomic E-state index is -0.870. The molecule has 0 radical (unpaired) electrons. The summed E-state index contributed by atoms with van der Waals surface area (Å²) in [6.45, 7) is 0. The maximum Gasteiger partial charge on any atom is 0.333 e. The minimum absolute atomic E-state index is 0.0661. The number of carboxylic acid groups (broad SMARTS) is 1. The Hall–Kier alpha value is -1.92. The molecule has 1 fully saturated rings.